The van der Waals surface area contributed by atoms with Crippen molar-refractivity contribution in [2.75, 3.05) is 18.8 Å². The van der Waals surface area contributed by atoms with Crippen LogP contribution in [0.2, 0.25) is 0 Å². The van der Waals surface area contributed by atoms with Gasteiger partial charge < -0.3 is 5.32 Å². The third-order valence-corrected chi connectivity index (χ3v) is 4.61. The van der Waals surface area contributed by atoms with Gasteiger partial charge in [0.15, 0.2) is 0 Å². The number of rotatable bonds is 1. The number of nitrogens with zero attached hydrogens (tertiary/aromatic N) is 1. The number of amides is 1. The predicted octanol–water partition coefficient (Wildman–Crippen LogP) is -0.699. The molecule has 2 rings (SSSR count). The molecule has 80 valence electrons. The Balaban J connectivity index is 2.23. The van der Waals surface area contributed by atoms with Crippen molar-refractivity contribution in [1.82, 2.24) is 9.62 Å². The molecule has 2 heterocycles. The molecule has 2 aliphatic heterocycles. The lowest BCUT2D eigenvalue weighted by Crippen LogP contribution is -2.49. The molecule has 0 spiro atoms. The van der Waals surface area contributed by atoms with Gasteiger partial charge in [-0.25, -0.2) is 12.7 Å². The molecule has 6 heteroatoms. The topological polar surface area (TPSA) is 66.5 Å². The van der Waals surface area contributed by atoms with E-state index >= 15 is 0 Å². The Bertz CT molecular complexity index is 332. The van der Waals surface area contributed by atoms with E-state index in [0.717, 1.165) is 17.3 Å². The van der Waals surface area contributed by atoms with E-state index in [1.165, 1.54) is 0 Å². The summed E-state index contributed by atoms with van der Waals surface area (Å²) < 4.78 is 24.4. The number of carbonyl (C=O) groups is 1. The summed E-state index contributed by atoms with van der Waals surface area (Å²) in [6.07, 6.45) is 1.58. The molecule has 2 fully saturated rings. The lowest BCUT2D eigenvalue weighted by molar-refractivity contribution is -0.128. The van der Waals surface area contributed by atoms with E-state index in [4.69, 9.17) is 0 Å². The number of carbonyl (C=O) groups excluding carboxylic acids is 1. The first-order valence-corrected chi connectivity index (χ1v) is 6.48. The van der Waals surface area contributed by atoms with E-state index in [9.17, 15) is 13.2 Å². The van der Waals surface area contributed by atoms with Crippen molar-refractivity contribution in [3.8, 4) is 0 Å². The molecule has 0 aromatic rings. The van der Waals surface area contributed by atoms with Crippen LogP contribution in [-0.4, -0.2) is 43.5 Å². The minimum absolute atomic E-state index is 0.120. The quantitative estimate of drug-likeness (QED) is 0.632. The third kappa shape index (κ3) is 1.64. The van der Waals surface area contributed by atoms with Crippen LogP contribution in [0.4, 0.5) is 0 Å². The van der Waals surface area contributed by atoms with E-state index in [1.54, 1.807) is 0 Å². The second kappa shape index (κ2) is 3.51. The maximum Gasteiger partial charge on any atom is 0.237 e. The maximum absolute atomic E-state index is 11.7. The predicted molar refractivity (Wildman–Crippen MR) is 51.1 cm³/mol. The second-order valence-electron chi connectivity index (χ2n) is 3.76. The monoisotopic (exact) mass is 218 g/mol. The average molecular weight is 218 g/mol. The molecule has 2 aliphatic rings. The third-order valence-electron chi connectivity index (χ3n) is 2.70. The van der Waals surface area contributed by atoms with Gasteiger partial charge in [0.05, 0.1) is 11.8 Å². The van der Waals surface area contributed by atoms with Crippen molar-refractivity contribution in [3.63, 3.8) is 0 Å². The maximum atomic E-state index is 11.7. The molecule has 5 nitrogen and oxygen atoms in total. The molecule has 1 unspecified atom stereocenters. The Labute approximate surface area is 83.5 Å². The minimum atomic E-state index is -3.31. The smallest absolute Gasteiger partial charge is 0.237 e. The highest BCUT2D eigenvalue weighted by atomic mass is 32.2. The van der Waals surface area contributed by atoms with Crippen LogP contribution in [0.3, 0.4) is 0 Å². The zero-order valence-corrected chi connectivity index (χ0v) is 8.72. The molecular formula is C8H14N2O3S. The summed E-state index contributed by atoms with van der Waals surface area (Å²) in [6, 6.07) is -0.146. The molecule has 1 N–H and O–H groups in total. The van der Waals surface area contributed by atoms with Crippen LogP contribution in [0.5, 0.6) is 0 Å². The molecule has 0 radical (unpaired) electrons. The standard InChI is InChI=1S/C8H14N2O3S/c11-8-2-1-5-14(12,13)10(8)7-3-4-9-6-7/h7,9H,1-6H2. The van der Waals surface area contributed by atoms with Gasteiger partial charge in [0, 0.05) is 13.0 Å². The fraction of sp³-hybridized carbons (Fsp3) is 0.875. The average Bonchev–Trinajstić information content (AvgIpc) is 2.55. The number of hydrogen-bond acceptors (Lipinski definition) is 4. The summed E-state index contributed by atoms with van der Waals surface area (Å²) in [4.78, 5) is 11.5. The lowest BCUT2D eigenvalue weighted by Gasteiger charge is -2.30. The van der Waals surface area contributed by atoms with Crippen LogP contribution < -0.4 is 5.32 Å². The summed E-state index contributed by atoms with van der Waals surface area (Å²) in [5, 5.41) is 3.07. The fourth-order valence-electron chi connectivity index (χ4n) is 2.04. The Hall–Kier alpha value is -0.620. The van der Waals surface area contributed by atoms with Gasteiger partial charge in [0.2, 0.25) is 15.9 Å². The van der Waals surface area contributed by atoms with Gasteiger partial charge in [-0.3, -0.25) is 4.79 Å². The minimum Gasteiger partial charge on any atom is -0.315 e. The normalized spacial score (nSPS) is 32.1. The van der Waals surface area contributed by atoms with Crippen LogP contribution >= 0.6 is 0 Å². The van der Waals surface area contributed by atoms with E-state index < -0.39 is 10.0 Å². The fourth-order valence-corrected chi connectivity index (χ4v) is 3.78. The van der Waals surface area contributed by atoms with E-state index in [1.807, 2.05) is 0 Å². The lowest BCUT2D eigenvalue weighted by atomic mass is 10.2. The van der Waals surface area contributed by atoms with Gasteiger partial charge >= 0.3 is 0 Å². The Kier molecular flexibility index (Phi) is 2.48. The van der Waals surface area contributed by atoms with Crippen molar-refractivity contribution in [2.24, 2.45) is 0 Å². The van der Waals surface area contributed by atoms with Crippen molar-refractivity contribution in [2.45, 2.75) is 25.3 Å². The molecule has 2 saturated heterocycles. The van der Waals surface area contributed by atoms with Gasteiger partial charge in [0.25, 0.3) is 0 Å². The summed E-state index contributed by atoms with van der Waals surface area (Å²) in [6.45, 7) is 1.40. The first kappa shape index (κ1) is 9.92. The second-order valence-corrected chi connectivity index (χ2v) is 5.72. The SMILES string of the molecule is O=C1CCCS(=O)(=O)N1C1CCNC1. The van der Waals surface area contributed by atoms with E-state index in [-0.39, 0.29) is 17.7 Å². The highest BCUT2D eigenvalue weighted by molar-refractivity contribution is 7.89. The van der Waals surface area contributed by atoms with Crippen LogP contribution in [0.15, 0.2) is 0 Å². The van der Waals surface area contributed by atoms with Crippen LogP contribution in [0.25, 0.3) is 0 Å². The van der Waals surface area contributed by atoms with Crippen LogP contribution in [0, 0.1) is 0 Å². The molecule has 14 heavy (non-hydrogen) atoms. The van der Waals surface area contributed by atoms with E-state index in [0.29, 0.717) is 19.4 Å². The van der Waals surface area contributed by atoms with Gasteiger partial charge in [-0.15, -0.1) is 0 Å². The molecule has 1 amide bonds. The van der Waals surface area contributed by atoms with Crippen molar-refractivity contribution in [1.29, 1.82) is 0 Å². The highest BCUT2D eigenvalue weighted by Gasteiger charge is 2.38. The van der Waals surface area contributed by atoms with Gasteiger partial charge in [0.1, 0.15) is 0 Å². The number of hydrogen-bond donors (Lipinski definition) is 1. The molecule has 0 aromatic carbocycles. The first-order valence-electron chi connectivity index (χ1n) is 4.87. The van der Waals surface area contributed by atoms with E-state index in [2.05, 4.69) is 5.32 Å². The Morgan fingerprint density at radius 3 is 2.79 bits per heavy atom. The van der Waals surface area contributed by atoms with Crippen molar-refractivity contribution in [3.05, 3.63) is 0 Å². The Morgan fingerprint density at radius 2 is 2.21 bits per heavy atom. The molecule has 0 aromatic heterocycles. The van der Waals surface area contributed by atoms with Gasteiger partial charge in [-0.2, -0.15) is 0 Å². The molecule has 0 bridgehead atoms. The summed E-state index contributed by atoms with van der Waals surface area (Å²) in [5.74, 6) is -0.111. The van der Waals surface area contributed by atoms with Crippen LogP contribution in [-0.2, 0) is 14.8 Å². The zero-order valence-electron chi connectivity index (χ0n) is 7.90. The van der Waals surface area contributed by atoms with Gasteiger partial charge in [-0.1, -0.05) is 0 Å². The first-order chi connectivity index (χ1) is 6.61. The largest absolute Gasteiger partial charge is 0.315 e. The Morgan fingerprint density at radius 1 is 1.43 bits per heavy atom. The van der Waals surface area contributed by atoms with Crippen LogP contribution in [0.1, 0.15) is 19.3 Å². The number of sulfonamides is 1. The summed E-state index contributed by atoms with van der Waals surface area (Å²) in [5.41, 5.74) is 0. The highest BCUT2D eigenvalue weighted by Crippen LogP contribution is 2.21. The summed E-state index contributed by atoms with van der Waals surface area (Å²) in [7, 11) is -3.31. The van der Waals surface area contributed by atoms with Crippen molar-refractivity contribution < 1.29 is 13.2 Å². The van der Waals surface area contributed by atoms with Crippen molar-refractivity contribution >= 4 is 15.9 Å². The molecular weight excluding hydrogens is 204 g/mol. The molecule has 1 atom stereocenters. The zero-order chi connectivity index (χ0) is 10.2. The summed E-state index contributed by atoms with van der Waals surface area (Å²) >= 11 is 0. The molecule has 0 aliphatic carbocycles. The molecule has 0 saturated carbocycles. The number of nitrogens with one attached hydrogen (secondary N) is 1. The van der Waals surface area contributed by atoms with Gasteiger partial charge in [-0.05, 0) is 19.4 Å².